The molecule has 2 N–H and O–H groups in total. The van der Waals surface area contributed by atoms with E-state index in [9.17, 15) is 9.59 Å². The van der Waals surface area contributed by atoms with Crippen LogP contribution in [0.1, 0.15) is 48.5 Å². The van der Waals surface area contributed by atoms with Crippen LogP contribution in [-0.4, -0.2) is 22.5 Å². The molecule has 1 aliphatic rings. The Balaban J connectivity index is 2.12. The van der Waals surface area contributed by atoms with E-state index in [2.05, 4.69) is 12.2 Å². The summed E-state index contributed by atoms with van der Waals surface area (Å²) >= 11 is 6.09. The molecule has 1 saturated carbocycles. The van der Waals surface area contributed by atoms with Crippen LogP contribution in [0, 0.1) is 0 Å². The lowest BCUT2D eigenvalue weighted by Gasteiger charge is -2.42. The second-order valence-electron chi connectivity index (χ2n) is 5.35. The van der Waals surface area contributed by atoms with Crippen molar-refractivity contribution in [2.75, 3.05) is 0 Å². The highest BCUT2D eigenvalue weighted by Gasteiger charge is 2.36. The Labute approximate surface area is 128 Å². The van der Waals surface area contributed by atoms with Crippen molar-refractivity contribution in [3.8, 4) is 0 Å². The van der Waals surface area contributed by atoms with Gasteiger partial charge in [-0.2, -0.15) is 0 Å². The van der Waals surface area contributed by atoms with Crippen molar-refractivity contribution in [3.05, 3.63) is 40.4 Å². The highest BCUT2D eigenvalue weighted by Crippen LogP contribution is 2.35. The first-order valence-corrected chi connectivity index (χ1v) is 7.37. The van der Waals surface area contributed by atoms with Gasteiger partial charge in [0, 0.05) is 22.2 Å². The lowest BCUT2D eigenvalue weighted by atomic mass is 9.74. The highest BCUT2D eigenvalue weighted by molar-refractivity contribution is 6.32. The third-order valence-electron chi connectivity index (χ3n) is 4.03. The number of aliphatic carboxylic acids is 1. The number of carboxylic acid groups (broad SMARTS) is 1. The Morgan fingerprint density at radius 2 is 2.14 bits per heavy atom. The molecule has 0 unspecified atom stereocenters. The van der Waals surface area contributed by atoms with E-state index in [1.165, 1.54) is 6.08 Å². The normalized spacial score (nSPS) is 16.5. The van der Waals surface area contributed by atoms with E-state index < -0.39 is 5.97 Å². The Kier molecular flexibility index (Phi) is 4.68. The smallest absolute Gasteiger partial charge is 0.328 e. The second-order valence-corrected chi connectivity index (χ2v) is 5.76. The van der Waals surface area contributed by atoms with Gasteiger partial charge in [0.1, 0.15) is 0 Å². The zero-order chi connectivity index (χ0) is 15.5. The molecule has 0 aromatic heterocycles. The molecule has 4 nitrogen and oxygen atoms in total. The maximum absolute atomic E-state index is 12.3. The van der Waals surface area contributed by atoms with E-state index in [1.54, 1.807) is 18.2 Å². The van der Waals surface area contributed by atoms with Crippen molar-refractivity contribution in [2.45, 2.75) is 38.1 Å². The van der Waals surface area contributed by atoms with Gasteiger partial charge < -0.3 is 10.4 Å². The molecule has 0 aliphatic heterocycles. The van der Waals surface area contributed by atoms with Gasteiger partial charge in [0.05, 0.1) is 0 Å². The molecule has 0 atom stereocenters. The molecule has 0 bridgehead atoms. The minimum absolute atomic E-state index is 0.0640. The molecule has 1 fully saturated rings. The quantitative estimate of drug-likeness (QED) is 0.818. The molecule has 0 radical (unpaired) electrons. The fraction of sp³-hybridized carbons (Fsp3) is 0.375. The van der Waals surface area contributed by atoms with Gasteiger partial charge in [0.2, 0.25) is 0 Å². The van der Waals surface area contributed by atoms with E-state index in [0.717, 1.165) is 31.8 Å². The molecule has 1 aromatic rings. The molecule has 0 heterocycles. The van der Waals surface area contributed by atoms with Crippen molar-refractivity contribution < 1.29 is 14.7 Å². The third-order valence-corrected chi connectivity index (χ3v) is 4.36. The van der Waals surface area contributed by atoms with E-state index in [-0.39, 0.29) is 11.4 Å². The van der Waals surface area contributed by atoms with Crippen molar-refractivity contribution in [2.24, 2.45) is 0 Å². The van der Waals surface area contributed by atoms with Crippen LogP contribution in [0.3, 0.4) is 0 Å². The lowest BCUT2D eigenvalue weighted by molar-refractivity contribution is -0.131. The molecule has 21 heavy (non-hydrogen) atoms. The van der Waals surface area contributed by atoms with E-state index in [1.807, 2.05) is 0 Å². The number of hydrogen-bond donors (Lipinski definition) is 2. The van der Waals surface area contributed by atoms with Crippen LogP contribution < -0.4 is 5.32 Å². The Morgan fingerprint density at radius 3 is 2.62 bits per heavy atom. The van der Waals surface area contributed by atoms with Crippen molar-refractivity contribution >= 4 is 29.6 Å². The summed E-state index contributed by atoms with van der Waals surface area (Å²) in [6.45, 7) is 2.08. The second kappa shape index (κ2) is 6.31. The fourth-order valence-electron chi connectivity index (χ4n) is 2.45. The number of amides is 1. The summed E-state index contributed by atoms with van der Waals surface area (Å²) in [6, 6.07) is 4.88. The predicted molar refractivity (Wildman–Crippen MR) is 82.5 cm³/mol. The zero-order valence-corrected chi connectivity index (χ0v) is 12.6. The first-order chi connectivity index (χ1) is 9.96. The zero-order valence-electron chi connectivity index (χ0n) is 11.9. The minimum atomic E-state index is -1.04. The van der Waals surface area contributed by atoms with Crippen LogP contribution in [-0.2, 0) is 4.79 Å². The fourth-order valence-corrected chi connectivity index (χ4v) is 2.69. The maximum atomic E-state index is 12.3. The van der Waals surface area contributed by atoms with Crippen LogP contribution in [0.4, 0.5) is 0 Å². The Morgan fingerprint density at radius 1 is 1.43 bits per heavy atom. The SMILES string of the molecule is CCC1(NC(=O)c2ccc(/C=C/C(=O)O)c(Cl)c2)CCC1. The summed E-state index contributed by atoms with van der Waals surface area (Å²) in [6.07, 6.45) is 6.53. The number of rotatable bonds is 5. The number of halogens is 1. The summed E-state index contributed by atoms with van der Waals surface area (Å²) < 4.78 is 0. The molecule has 1 aliphatic carbocycles. The topological polar surface area (TPSA) is 66.4 Å². The van der Waals surface area contributed by atoms with Gasteiger partial charge in [-0.15, -0.1) is 0 Å². The molecule has 1 amide bonds. The summed E-state index contributed by atoms with van der Waals surface area (Å²) in [7, 11) is 0. The van der Waals surface area contributed by atoms with Crippen molar-refractivity contribution in [1.29, 1.82) is 0 Å². The summed E-state index contributed by atoms with van der Waals surface area (Å²) in [5.74, 6) is -1.17. The first kappa shape index (κ1) is 15.6. The third kappa shape index (κ3) is 3.64. The summed E-state index contributed by atoms with van der Waals surface area (Å²) in [5.41, 5.74) is 1.00. The van der Waals surface area contributed by atoms with Gasteiger partial charge in [0.25, 0.3) is 5.91 Å². The van der Waals surface area contributed by atoms with Gasteiger partial charge in [-0.05, 0) is 49.5 Å². The van der Waals surface area contributed by atoms with Crippen LogP contribution in [0.25, 0.3) is 6.08 Å². The van der Waals surface area contributed by atoms with Crippen LogP contribution in [0.15, 0.2) is 24.3 Å². The van der Waals surface area contributed by atoms with Gasteiger partial charge in [-0.3, -0.25) is 4.79 Å². The molecule has 0 saturated heterocycles. The lowest BCUT2D eigenvalue weighted by Crippen LogP contribution is -2.52. The number of benzene rings is 1. The predicted octanol–water partition coefficient (Wildman–Crippen LogP) is 3.50. The maximum Gasteiger partial charge on any atom is 0.328 e. The largest absolute Gasteiger partial charge is 0.478 e. The Bertz CT molecular complexity index is 586. The minimum Gasteiger partial charge on any atom is -0.478 e. The molecule has 1 aromatic carbocycles. The van der Waals surface area contributed by atoms with E-state index in [4.69, 9.17) is 16.7 Å². The van der Waals surface area contributed by atoms with Crippen molar-refractivity contribution in [1.82, 2.24) is 5.32 Å². The number of carbonyl (C=O) groups is 2. The summed E-state index contributed by atoms with van der Waals surface area (Å²) in [4.78, 5) is 22.8. The highest BCUT2D eigenvalue weighted by atomic mass is 35.5. The molecule has 5 heteroatoms. The van der Waals surface area contributed by atoms with Crippen molar-refractivity contribution in [3.63, 3.8) is 0 Å². The van der Waals surface area contributed by atoms with Gasteiger partial charge in [0.15, 0.2) is 0 Å². The molecule has 0 spiro atoms. The Hall–Kier alpha value is -1.81. The van der Waals surface area contributed by atoms with Crippen LogP contribution >= 0.6 is 11.6 Å². The average molecular weight is 308 g/mol. The van der Waals surface area contributed by atoms with Gasteiger partial charge >= 0.3 is 5.97 Å². The van der Waals surface area contributed by atoms with E-state index in [0.29, 0.717) is 16.1 Å². The first-order valence-electron chi connectivity index (χ1n) is 6.99. The number of hydrogen-bond acceptors (Lipinski definition) is 2. The monoisotopic (exact) mass is 307 g/mol. The van der Waals surface area contributed by atoms with Gasteiger partial charge in [-0.25, -0.2) is 4.79 Å². The van der Waals surface area contributed by atoms with Gasteiger partial charge in [-0.1, -0.05) is 24.6 Å². The molecule has 2 rings (SSSR count). The number of carbonyl (C=O) groups excluding carboxylic acids is 1. The van der Waals surface area contributed by atoms with Crippen LogP contribution in [0.5, 0.6) is 0 Å². The molecular weight excluding hydrogens is 290 g/mol. The average Bonchev–Trinajstić information content (AvgIpc) is 2.41. The number of nitrogens with one attached hydrogen (secondary N) is 1. The standard InChI is InChI=1S/C16H18ClNO3/c1-2-16(8-3-9-16)18-15(21)12-5-4-11(13(17)10-12)6-7-14(19)20/h4-7,10H,2-3,8-9H2,1H3,(H,18,21)(H,19,20)/b7-6+. The van der Waals surface area contributed by atoms with Crippen LogP contribution in [0.2, 0.25) is 5.02 Å². The summed E-state index contributed by atoms with van der Waals surface area (Å²) in [5, 5.41) is 12.0. The van der Waals surface area contributed by atoms with E-state index >= 15 is 0 Å². The number of carboxylic acids is 1. The molecule has 112 valence electrons. The molecular formula is C16H18ClNO3.